The van der Waals surface area contributed by atoms with E-state index in [-0.39, 0.29) is 0 Å². The first-order valence-electron chi connectivity index (χ1n) is 3.75. The summed E-state index contributed by atoms with van der Waals surface area (Å²) in [5.41, 5.74) is 1.40. The molecule has 0 aromatic carbocycles. The van der Waals surface area contributed by atoms with E-state index >= 15 is 0 Å². The van der Waals surface area contributed by atoms with Crippen LogP contribution in [0.3, 0.4) is 0 Å². The second kappa shape index (κ2) is 2.35. The van der Waals surface area contributed by atoms with Crippen LogP contribution in [0.2, 0.25) is 0 Å². The molecule has 0 aliphatic heterocycles. The van der Waals surface area contributed by atoms with Gasteiger partial charge in [-0.1, -0.05) is 0 Å². The molecule has 0 aliphatic carbocycles. The van der Waals surface area contributed by atoms with Crippen molar-refractivity contribution in [1.82, 2.24) is 4.98 Å². The second-order valence-electron chi connectivity index (χ2n) is 2.73. The van der Waals surface area contributed by atoms with Crippen LogP contribution in [0, 0.1) is 0 Å². The van der Waals surface area contributed by atoms with Crippen LogP contribution in [0.1, 0.15) is 0 Å². The molecule has 64 valence electrons. The van der Waals surface area contributed by atoms with E-state index in [1.807, 2.05) is 6.07 Å². The van der Waals surface area contributed by atoms with Crippen molar-refractivity contribution < 1.29 is 8.83 Å². The number of hydrogen-bond donors (Lipinski definition) is 0. The lowest BCUT2D eigenvalue weighted by Crippen LogP contribution is -1.72. The van der Waals surface area contributed by atoms with Crippen molar-refractivity contribution in [3.05, 3.63) is 29.3 Å². The third kappa shape index (κ3) is 0.862. The fraction of sp³-hybridized carbons (Fsp3) is 0. The average molecular weight is 238 g/mol. The van der Waals surface area contributed by atoms with Gasteiger partial charge in [-0.2, -0.15) is 0 Å². The van der Waals surface area contributed by atoms with Crippen LogP contribution in [0.5, 0.6) is 0 Å². The third-order valence-corrected chi connectivity index (χ3v) is 2.55. The number of aromatic nitrogens is 1. The average Bonchev–Trinajstić information content (AvgIpc) is 2.70. The van der Waals surface area contributed by atoms with Gasteiger partial charge in [-0.05, 0) is 22.0 Å². The van der Waals surface area contributed by atoms with Gasteiger partial charge in [0, 0.05) is 11.6 Å². The molecule has 0 fully saturated rings. The van der Waals surface area contributed by atoms with E-state index in [0.717, 1.165) is 20.8 Å². The van der Waals surface area contributed by atoms with Gasteiger partial charge >= 0.3 is 0 Å². The number of pyridine rings is 1. The van der Waals surface area contributed by atoms with E-state index in [0.29, 0.717) is 5.71 Å². The number of fused-ring (bicyclic) bond motifs is 3. The molecule has 3 aromatic heterocycles. The summed E-state index contributed by atoms with van der Waals surface area (Å²) in [6.07, 6.45) is 4.99. The predicted octanol–water partition coefficient (Wildman–Crippen LogP) is 3.34. The Hall–Kier alpha value is -1.29. The first-order chi connectivity index (χ1) is 6.36. The molecule has 0 N–H and O–H groups in total. The van der Waals surface area contributed by atoms with Crippen molar-refractivity contribution in [2.45, 2.75) is 0 Å². The second-order valence-corrected chi connectivity index (χ2v) is 3.58. The van der Waals surface area contributed by atoms with E-state index in [9.17, 15) is 0 Å². The van der Waals surface area contributed by atoms with Crippen molar-refractivity contribution >= 4 is 38.0 Å². The van der Waals surface area contributed by atoms with E-state index in [1.54, 1.807) is 18.7 Å². The molecule has 0 unspecified atom stereocenters. The summed E-state index contributed by atoms with van der Waals surface area (Å²) < 4.78 is 11.4. The molecule has 0 bridgehead atoms. The summed E-state index contributed by atoms with van der Waals surface area (Å²) >= 11 is 3.38. The van der Waals surface area contributed by atoms with Gasteiger partial charge in [0.1, 0.15) is 11.8 Å². The normalized spacial score (nSPS) is 11.5. The lowest BCUT2D eigenvalue weighted by Gasteiger charge is -1.89. The van der Waals surface area contributed by atoms with E-state index in [1.165, 1.54) is 0 Å². The van der Waals surface area contributed by atoms with E-state index < -0.39 is 0 Å². The van der Waals surface area contributed by atoms with Crippen LogP contribution in [0.25, 0.3) is 22.1 Å². The Morgan fingerprint density at radius 3 is 3.15 bits per heavy atom. The quantitative estimate of drug-likeness (QED) is 0.602. The molecule has 0 saturated heterocycles. The molecule has 0 spiro atoms. The summed E-state index contributed by atoms with van der Waals surface area (Å²) in [6.45, 7) is 0. The summed E-state index contributed by atoms with van der Waals surface area (Å²) in [7, 11) is 0. The smallest absolute Gasteiger partial charge is 0.230 e. The highest BCUT2D eigenvalue weighted by Gasteiger charge is 2.10. The van der Waals surface area contributed by atoms with Crippen LogP contribution in [-0.2, 0) is 0 Å². The van der Waals surface area contributed by atoms with Crippen LogP contribution < -0.4 is 0 Å². The standard InChI is InChI=1S/C9H4BrNO2/c10-6-4-13-9-7(6)8-5(3-11-9)1-2-12-8/h1-4H. The van der Waals surface area contributed by atoms with Crippen molar-refractivity contribution in [2.75, 3.05) is 0 Å². The molecule has 0 amide bonds. The number of halogens is 1. The summed E-state index contributed by atoms with van der Waals surface area (Å²) in [6, 6.07) is 1.88. The highest BCUT2D eigenvalue weighted by Crippen LogP contribution is 2.31. The molecule has 0 atom stereocenters. The lowest BCUT2D eigenvalue weighted by atomic mass is 10.3. The zero-order valence-electron chi connectivity index (χ0n) is 6.45. The van der Waals surface area contributed by atoms with Crippen LogP contribution >= 0.6 is 15.9 Å². The fourth-order valence-corrected chi connectivity index (χ4v) is 1.82. The van der Waals surface area contributed by atoms with Gasteiger partial charge in [-0.15, -0.1) is 0 Å². The molecule has 3 heterocycles. The Kier molecular flexibility index (Phi) is 1.29. The monoisotopic (exact) mass is 237 g/mol. The highest BCUT2D eigenvalue weighted by atomic mass is 79.9. The van der Waals surface area contributed by atoms with Gasteiger partial charge in [0.2, 0.25) is 5.71 Å². The van der Waals surface area contributed by atoms with E-state index in [4.69, 9.17) is 8.83 Å². The summed E-state index contributed by atoms with van der Waals surface area (Å²) in [5, 5.41) is 1.87. The van der Waals surface area contributed by atoms with Crippen molar-refractivity contribution in [3.8, 4) is 0 Å². The predicted molar refractivity (Wildman–Crippen MR) is 51.5 cm³/mol. The first kappa shape index (κ1) is 7.15. The Labute approximate surface area is 81.5 Å². The molecule has 0 aliphatic rings. The minimum atomic E-state index is 0.592. The summed E-state index contributed by atoms with van der Waals surface area (Å²) in [4.78, 5) is 4.15. The van der Waals surface area contributed by atoms with Gasteiger partial charge in [-0.25, -0.2) is 4.98 Å². The molecule has 0 radical (unpaired) electrons. The Morgan fingerprint density at radius 2 is 2.23 bits per heavy atom. The van der Waals surface area contributed by atoms with Crippen molar-refractivity contribution in [3.63, 3.8) is 0 Å². The number of hydrogen-bond acceptors (Lipinski definition) is 3. The molecular formula is C9H4BrNO2. The Morgan fingerprint density at radius 1 is 1.31 bits per heavy atom. The van der Waals surface area contributed by atoms with Crippen LogP contribution in [0.4, 0.5) is 0 Å². The maximum absolute atomic E-state index is 5.34. The molecule has 3 rings (SSSR count). The number of rotatable bonds is 0. The van der Waals surface area contributed by atoms with E-state index in [2.05, 4.69) is 20.9 Å². The number of nitrogens with zero attached hydrogens (tertiary/aromatic N) is 1. The van der Waals surface area contributed by atoms with Gasteiger partial charge in [0.25, 0.3) is 0 Å². The minimum Gasteiger partial charge on any atom is -0.463 e. The Balaban J connectivity index is 2.70. The van der Waals surface area contributed by atoms with Crippen molar-refractivity contribution in [1.29, 1.82) is 0 Å². The van der Waals surface area contributed by atoms with Gasteiger partial charge in [-0.3, -0.25) is 0 Å². The number of furan rings is 2. The maximum atomic E-state index is 5.34. The first-order valence-corrected chi connectivity index (χ1v) is 4.54. The third-order valence-electron chi connectivity index (χ3n) is 1.97. The molecule has 4 heteroatoms. The zero-order valence-corrected chi connectivity index (χ0v) is 8.04. The van der Waals surface area contributed by atoms with Crippen LogP contribution in [-0.4, -0.2) is 4.98 Å². The summed E-state index contributed by atoms with van der Waals surface area (Å²) in [5.74, 6) is 0. The SMILES string of the molecule is Brc1coc2ncc3ccoc3c12. The molecule has 3 nitrogen and oxygen atoms in total. The van der Waals surface area contributed by atoms with Crippen LogP contribution in [0.15, 0.2) is 38.1 Å². The highest BCUT2D eigenvalue weighted by molar-refractivity contribution is 9.10. The molecular weight excluding hydrogens is 234 g/mol. The largest absolute Gasteiger partial charge is 0.463 e. The molecule has 0 saturated carbocycles. The maximum Gasteiger partial charge on any atom is 0.230 e. The van der Waals surface area contributed by atoms with Crippen molar-refractivity contribution in [2.24, 2.45) is 0 Å². The minimum absolute atomic E-state index is 0.592. The zero-order chi connectivity index (χ0) is 8.84. The van der Waals surface area contributed by atoms with Gasteiger partial charge in [0.15, 0.2) is 0 Å². The van der Waals surface area contributed by atoms with Gasteiger partial charge < -0.3 is 8.83 Å². The fourth-order valence-electron chi connectivity index (χ4n) is 1.38. The molecule has 13 heavy (non-hydrogen) atoms. The topological polar surface area (TPSA) is 39.2 Å². The molecule has 3 aromatic rings. The lowest BCUT2D eigenvalue weighted by molar-refractivity contribution is 0.599. The van der Waals surface area contributed by atoms with Gasteiger partial charge in [0.05, 0.1) is 16.1 Å². The Bertz CT molecular complexity index is 581.